The monoisotopic (exact) mass is 1180 g/mol. The lowest BCUT2D eigenvalue weighted by Crippen LogP contribution is -2.38. The molecule has 0 bridgehead atoms. The highest BCUT2D eigenvalue weighted by molar-refractivity contribution is 7.23. The summed E-state index contributed by atoms with van der Waals surface area (Å²) in [6.45, 7) is 33.7. The molecule has 0 aromatic carbocycles. The largest absolute Gasteiger partial charge is 0.369 e. The van der Waals surface area contributed by atoms with E-state index in [2.05, 4.69) is 162 Å². The summed E-state index contributed by atoms with van der Waals surface area (Å²) >= 11 is 7.90. The third-order valence-corrected chi connectivity index (χ3v) is 26.8. The lowest BCUT2D eigenvalue weighted by Gasteiger charge is -2.44. The Hall–Kier alpha value is -3.53. The molecule has 4 nitrogen and oxygen atoms in total. The van der Waals surface area contributed by atoms with Gasteiger partial charge in [0.1, 0.15) is 0 Å². The molecule has 6 atom stereocenters. The number of hydrogen-bond donors (Lipinski definition) is 1. The Morgan fingerprint density at radius 1 is 0.585 bits per heavy atom. The Bertz CT molecular complexity index is 3210. The topological polar surface area (TPSA) is 43.8 Å². The van der Waals surface area contributed by atoms with Gasteiger partial charge < -0.3 is 10.0 Å². The van der Waals surface area contributed by atoms with Crippen molar-refractivity contribution in [2.24, 2.45) is 29.6 Å². The summed E-state index contributed by atoms with van der Waals surface area (Å²) in [7, 11) is 0. The zero-order valence-corrected chi connectivity index (χ0v) is 56.2. The van der Waals surface area contributed by atoms with Gasteiger partial charge in [0, 0.05) is 58.1 Å². The van der Waals surface area contributed by atoms with Gasteiger partial charge in [-0.25, -0.2) is 0 Å². The molecule has 82 heavy (non-hydrogen) atoms. The zero-order valence-electron chi connectivity index (χ0n) is 52.9. The van der Waals surface area contributed by atoms with Gasteiger partial charge in [-0.3, -0.25) is 9.69 Å². The number of allylic oxidation sites excluding steroid dienone is 4. The van der Waals surface area contributed by atoms with Gasteiger partial charge in [0.25, 0.3) is 5.91 Å². The van der Waals surface area contributed by atoms with Crippen LogP contribution in [-0.4, -0.2) is 27.0 Å². The van der Waals surface area contributed by atoms with Gasteiger partial charge in [-0.15, -0.1) is 45.3 Å². The van der Waals surface area contributed by atoms with E-state index in [4.69, 9.17) is 0 Å². The van der Waals surface area contributed by atoms with Crippen molar-refractivity contribution < 1.29 is 9.90 Å². The molecule has 4 aliphatic heterocycles. The van der Waals surface area contributed by atoms with Crippen LogP contribution in [0.15, 0.2) is 59.5 Å². The van der Waals surface area contributed by atoms with Gasteiger partial charge in [0.15, 0.2) is 6.23 Å². The number of carbonyl (C=O) groups is 1. The Kier molecular flexibility index (Phi) is 17.3. The first-order valence-corrected chi connectivity index (χ1v) is 36.3. The van der Waals surface area contributed by atoms with Crippen molar-refractivity contribution in [3.63, 3.8) is 0 Å². The highest BCUT2D eigenvalue weighted by Gasteiger charge is 2.58. The Morgan fingerprint density at radius 3 is 1.65 bits per heavy atom. The van der Waals surface area contributed by atoms with Gasteiger partial charge >= 0.3 is 0 Å². The highest BCUT2D eigenvalue weighted by Crippen LogP contribution is 2.69. The fourth-order valence-electron chi connectivity index (χ4n) is 16.2. The van der Waals surface area contributed by atoms with Gasteiger partial charge in [0.05, 0.1) is 26.7 Å². The number of thiophene rings is 4. The highest BCUT2D eigenvalue weighted by atomic mass is 32.1. The van der Waals surface area contributed by atoms with Crippen LogP contribution in [0.5, 0.6) is 0 Å². The van der Waals surface area contributed by atoms with Crippen molar-refractivity contribution in [3.05, 3.63) is 111 Å². The molecule has 3 aliphatic carbocycles. The number of aliphatic hydroxyl groups excluding tert-OH is 1. The molecule has 8 heteroatoms. The van der Waals surface area contributed by atoms with E-state index in [0.29, 0.717) is 23.3 Å². The van der Waals surface area contributed by atoms with E-state index in [1.807, 2.05) is 33.5 Å². The number of hydrogen-bond acceptors (Lipinski definition) is 7. The Labute approximate surface area is 512 Å². The molecule has 0 saturated heterocycles. The summed E-state index contributed by atoms with van der Waals surface area (Å²) in [4.78, 5) is 29.7. The van der Waals surface area contributed by atoms with E-state index in [1.54, 1.807) is 53.8 Å². The summed E-state index contributed by atoms with van der Waals surface area (Å²) < 4.78 is 0. The molecule has 6 unspecified atom stereocenters. The maximum atomic E-state index is 14.9. The normalized spacial score (nSPS) is 23.7. The Balaban J connectivity index is 1.10. The van der Waals surface area contributed by atoms with Crippen LogP contribution in [0.3, 0.4) is 0 Å². The van der Waals surface area contributed by atoms with E-state index in [0.717, 1.165) is 56.1 Å². The lowest BCUT2D eigenvalue weighted by molar-refractivity contribution is -0.121. The Morgan fingerprint density at radius 2 is 1.09 bits per heavy atom. The molecule has 1 amide bonds. The van der Waals surface area contributed by atoms with Crippen molar-refractivity contribution in [2.45, 2.75) is 260 Å². The third kappa shape index (κ3) is 10.2. The van der Waals surface area contributed by atoms with Crippen LogP contribution in [0, 0.1) is 29.6 Å². The minimum Gasteiger partial charge on any atom is -0.369 e. The van der Waals surface area contributed by atoms with Crippen molar-refractivity contribution in [3.8, 4) is 9.75 Å². The molecular weight excluding hydrogens is 1080 g/mol. The maximum Gasteiger partial charge on any atom is 0.265 e. The summed E-state index contributed by atoms with van der Waals surface area (Å²) in [6, 6.07) is 10.2. The second-order valence-electron chi connectivity index (χ2n) is 28.5. The predicted octanol–water partition coefficient (Wildman–Crippen LogP) is 22.5. The van der Waals surface area contributed by atoms with E-state index in [-0.39, 0.29) is 27.6 Å². The van der Waals surface area contributed by atoms with Crippen LogP contribution in [0.4, 0.5) is 0 Å². The second kappa shape index (κ2) is 23.6. The van der Waals surface area contributed by atoms with Crippen molar-refractivity contribution in [1.29, 1.82) is 0 Å². The number of amides is 1. The lowest BCUT2D eigenvalue weighted by atomic mass is 9.59. The summed E-state index contributed by atoms with van der Waals surface area (Å²) in [5, 5.41) is 12.4. The van der Waals surface area contributed by atoms with Crippen molar-refractivity contribution >= 4 is 85.9 Å². The van der Waals surface area contributed by atoms with Gasteiger partial charge in [-0.2, -0.15) is 0 Å². The molecule has 0 radical (unpaired) electrons. The first-order valence-electron chi connectivity index (χ1n) is 33.0. The number of carbonyl (C=O) groups excluding carboxylic acids is 1. The number of unbranched alkanes of at least 4 members (excludes halogenated alkanes) is 4. The summed E-state index contributed by atoms with van der Waals surface area (Å²) in [5.41, 5.74) is 14.1. The summed E-state index contributed by atoms with van der Waals surface area (Å²) in [5.74, 6) is 3.19. The van der Waals surface area contributed by atoms with Crippen molar-refractivity contribution in [1.82, 2.24) is 9.80 Å². The van der Waals surface area contributed by atoms with Crippen LogP contribution in [-0.2, 0) is 26.5 Å². The van der Waals surface area contributed by atoms with E-state index >= 15 is 0 Å². The molecule has 4 aromatic rings. The maximum absolute atomic E-state index is 14.9. The van der Waals surface area contributed by atoms with Crippen LogP contribution in [0.1, 0.15) is 283 Å². The van der Waals surface area contributed by atoms with Crippen LogP contribution < -0.4 is 0 Å². The smallest absolute Gasteiger partial charge is 0.265 e. The van der Waals surface area contributed by atoms with E-state index in [1.165, 1.54) is 143 Å². The standard InChI is InChI=1S/C74H100N2O2S4/c1-15-23-27-45(19-5)41-73(42-46(20-6)28-24-16-2)53-38-52-54(74(43-47(21-7)29-25-17-3,44-48(22-8)30-26-18-4)56-40-60(72(12,13)14)82-68(52)56)37-51(53)67-55(73)39-58(80-67)57-35-49-31-33-75-63(65(49)79-57)61-62(70(75)78)64-66-50(32-34-76(64)69(61)77)36-59(81-66)71(9,10)11/h31-36,38-40,45-48,54,69,77H,15-30,37,41-44H2,1-14H3. The number of aliphatic hydroxyl groups is 1. The molecule has 0 spiro atoms. The van der Waals surface area contributed by atoms with E-state index in [9.17, 15) is 9.90 Å². The summed E-state index contributed by atoms with van der Waals surface area (Å²) in [6.07, 6.45) is 37.0. The molecule has 0 saturated carbocycles. The minimum absolute atomic E-state index is 0.0214. The van der Waals surface area contributed by atoms with Gasteiger partial charge in [0.2, 0.25) is 0 Å². The van der Waals surface area contributed by atoms with Gasteiger partial charge in [-0.05, 0) is 148 Å². The minimum atomic E-state index is -0.936. The molecule has 442 valence electrons. The number of rotatable bonds is 25. The molecule has 7 aliphatic rings. The molecule has 0 fully saturated rings. The molecule has 11 rings (SSSR count). The third-order valence-electron chi connectivity index (χ3n) is 21.1. The number of nitrogens with zero attached hydrogens (tertiary/aromatic N) is 2. The average molecular weight is 1180 g/mol. The van der Waals surface area contributed by atoms with Crippen molar-refractivity contribution in [2.75, 3.05) is 0 Å². The molecule has 1 N–H and O–H groups in total. The zero-order chi connectivity index (χ0) is 58.2. The van der Waals surface area contributed by atoms with Crippen LogP contribution in [0.2, 0.25) is 0 Å². The average Bonchev–Trinajstić information content (AvgIpc) is 1.73. The SMILES string of the molecule is CCCCC(CC)CC1(CC(CC)CCCC)C2=C(CC3C(=C2)c2sc(C(C)(C)C)cc2C3(CC(CC)CCCC)CC(CC)CCCC)c2sc(-c3cc4c(s3)C3=C5C(=C6c7sc(C(C)(C)C)cc7C=CN6C5O)C(=O)N3C=C4)cc21. The predicted molar refractivity (Wildman–Crippen MR) is 358 cm³/mol. The fourth-order valence-corrected chi connectivity index (χ4v) is 21.5. The first-order chi connectivity index (χ1) is 39.3. The quantitative estimate of drug-likeness (QED) is 0.0719. The first kappa shape index (κ1) is 60.2. The van der Waals surface area contributed by atoms with Crippen LogP contribution >= 0.6 is 45.3 Å². The molecule has 8 heterocycles. The number of fused-ring (bicyclic) bond motifs is 12. The molecule has 4 aromatic heterocycles. The molecular formula is C74H100N2O2S4. The fraction of sp³-hybridized carbons (Fsp3) is 0.608. The van der Waals surface area contributed by atoms with Gasteiger partial charge in [-0.1, -0.05) is 206 Å². The van der Waals surface area contributed by atoms with Crippen LogP contribution in [0.25, 0.3) is 44.4 Å². The van der Waals surface area contributed by atoms with E-state index < -0.39 is 6.23 Å². The second-order valence-corrected chi connectivity index (χ2v) is 32.7.